The van der Waals surface area contributed by atoms with Crippen LogP contribution in [0.15, 0.2) is 11.6 Å². The van der Waals surface area contributed by atoms with Crippen LogP contribution in [-0.4, -0.2) is 40.3 Å². The highest BCUT2D eigenvalue weighted by molar-refractivity contribution is 5.90. The van der Waals surface area contributed by atoms with E-state index in [1.54, 1.807) is 0 Å². The monoisotopic (exact) mass is 348 g/mol. The number of rotatable bonds is 4. The van der Waals surface area contributed by atoms with E-state index >= 15 is 0 Å². The molecule has 4 aliphatic carbocycles. The van der Waals surface area contributed by atoms with Crippen LogP contribution in [0.4, 0.5) is 0 Å². The predicted octanol–water partition coefficient (Wildman–Crippen LogP) is 1.87. The molecule has 0 aromatic heterocycles. The van der Waals surface area contributed by atoms with Gasteiger partial charge >= 0.3 is 5.97 Å². The quantitative estimate of drug-likeness (QED) is 0.533. The molecule has 0 heterocycles. The second-order valence-electron chi connectivity index (χ2n) is 9.25. The molecular weight excluding hydrogens is 320 g/mol. The molecule has 0 aliphatic heterocycles. The van der Waals surface area contributed by atoms with Gasteiger partial charge in [-0.05, 0) is 48.9 Å². The number of aliphatic hydroxyl groups excluding tert-OH is 2. The lowest BCUT2D eigenvalue weighted by atomic mass is 9.43. The summed E-state index contributed by atoms with van der Waals surface area (Å²) in [6.45, 7) is 5.72. The number of aldehydes is 1. The van der Waals surface area contributed by atoms with Crippen molar-refractivity contribution in [3.8, 4) is 0 Å². The summed E-state index contributed by atoms with van der Waals surface area (Å²) in [4.78, 5) is 25.4. The van der Waals surface area contributed by atoms with Crippen molar-refractivity contribution >= 4 is 12.3 Å². The number of carbonyl (C=O) groups is 2. The third kappa shape index (κ3) is 1.51. The molecule has 8 atom stereocenters. The van der Waals surface area contributed by atoms with Crippen molar-refractivity contribution in [1.82, 2.24) is 0 Å². The maximum atomic E-state index is 12.8. The summed E-state index contributed by atoms with van der Waals surface area (Å²) in [5.74, 6) is -1.05. The van der Waals surface area contributed by atoms with Crippen molar-refractivity contribution in [2.45, 2.75) is 46.1 Å². The highest BCUT2D eigenvalue weighted by Gasteiger charge is 2.84. The standard InChI is InChI=1S/C20H28O5/c1-10(2)14-4-12-6-19(9-22)15-5-16(23)11(3)13(15)7-18(12,8-21)20(14,19)17(24)25/h4,9-13,15-16,21,23H,5-8H2,1-3H3,(H,24,25)/t11-,12?,13+,15+,16-,18?,19?,20?/m0/s1. The molecule has 0 spiro atoms. The molecule has 0 saturated heterocycles. The lowest BCUT2D eigenvalue weighted by Gasteiger charge is -2.57. The van der Waals surface area contributed by atoms with Crippen LogP contribution < -0.4 is 0 Å². The van der Waals surface area contributed by atoms with Gasteiger partial charge in [0, 0.05) is 5.41 Å². The molecule has 0 amide bonds. The number of carboxylic acid groups (broad SMARTS) is 1. The van der Waals surface area contributed by atoms with Crippen LogP contribution in [0.25, 0.3) is 0 Å². The number of hydrogen-bond acceptors (Lipinski definition) is 4. The molecule has 4 rings (SSSR count). The summed E-state index contributed by atoms with van der Waals surface area (Å²) < 4.78 is 0. The van der Waals surface area contributed by atoms with Crippen LogP contribution in [0.2, 0.25) is 0 Å². The van der Waals surface area contributed by atoms with Gasteiger partial charge in [-0.25, -0.2) is 0 Å². The highest BCUT2D eigenvalue weighted by Crippen LogP contribution is 2.82. The van der Waals surface area contributed by atoms with E-state index < -0.39 is 28.3 Å². The minimum absolute atomic E-state index is 0.00644. The summed E-state index contributed by atoms with van der Waals surface area (Å²) in [5, 5.41) is 31.4. The van der Waals surface area contributed by atoms with E-state index in [1.165, 1.54) is 0 Å². The molecule has 5 heteroatoms. The van der Waals surface area contributed by atoms with Crippen molar-refractivity contribution in [2.24, 2.45) is 45.8 Å². The first-order valence-corrected chi connectivity index (χ1v) is 9.44. The zero-order chi connectivity index (χ0) is 18.4. The Morgan fingerprint density at radius 3 is 2.60 bits per heavy atom. The molecule has 0 aromatic rings. The number of hydrogen-bond donors (Lipinski definition) is 3. The van der Waals surface area contributed by atoms with E-state index in [-0.39, 0.29) is 36.2 Å². The first-order valence-electron chi connectivity index (χ1n) is 9.44. The largest absolute Gasteiger partial charge is 0.481 e. The fourth-order valence-corrected chi connectivity index (χ4v) is 7.63. The predicted molar refractivity (Wildman–Crippen MR) is 90.5 cm³/mol. The minimum Gasteiger partial charge on any atom is -0.481 e. The van der Waals surface area contributed by atoms with E-state index in [9.17, 15) is 24.9 Å². The molecule has 5 nitrogen and oxygen atoms in total. The van der Waals surface area contributed by atoms with E-state index in [1.807, 2.05) is 20.8 Å². The molecule has 3 N–H and O–H groups in total. The van der Waals surface area contributed by atoms with Crippen LogP contribution >= 0.6 is 0 Å². The van der Waals surface area contributed by atoms with Crippen LogP contribution in [-0.2, 0) is 9.59 Å². The molecule has 4 aliphatic rings. The molecule has 3 saturated carbocycles. The summed E-state index contributed by atoms with van der Waals surface area (Å²) in [5.41, 5.74) is -2.36. The zero-order valence-electron chi connectivity index (χ0n) is 15.1. The van der Waals surface area contributed by atoms with E-state index in [0.29, 0.717) is 19.3 Å². The number of allylic oxidation sites excluding steroid dienone is 1. The fraction of sp³-hybridized carbons (Fsp3) is 0.800. The average molecular weight is 348 g/mol. The Morgan fingerprint density at radius 2 is 2.08 bits per heavy atom. The van der Waals surface area contributed by atoms with Crippen molar-refractivity contribution < 1.29 is 24.9 Å². The maximum Gasteiger partial charge on any atom is 0.315 e. The Labute approximate surface area is 148 Å². The van der Waals surface area contributed by atoms with Gasteiger partial charge in [0.25, 0.3) is 0 Å². The zero-order valence-corrected chi connectivity index (χ0v) is 15.1. The number of carbonyl (C=O) groups excluding carboxylic acids is 1. The molecule has 25 heavy (non-hydrogen) atoms. The van der Waals surface area contributed by atoms with Gasteiger partial charge < -0.3 is 20.1 Å². The second-order valence-corrected chi connectivity index (χ2v) is 9.25. The number of fused-ring (bicyclic) bond motifs is 2. The second kappa shape index (κ2) is 4.95. The van der Waals surface area contributed by atoms with Gasteiger partial charge in [-0.1, -0.05) is 32.4 Å². The van der Waals surface area contributed by atoms with Crippen molar-refractivity contribution in [1.29, 1.82) is 0 Å². The van der Waals surface area contributed by atoms with Crippen molar-refractivity contribution in [3.05, 3.63) is 11.6 Å². The third-order valence-corrected chi connectivity index (χ3v) is 8.52. The topological polar surface area (TPSA) is 94.8 Å². The lowest BCUT2D eigenvalue weighted by Crippen LogP contribution is -2.63. The summed E-state index contributed by atoms with van der Waals surface area (Å²) in [7, 11) is 0. The highest BCUT2D eigenvalue weighted by atomic mass is 16.4. The summed E-state index contributed by atoms with van der Waals surface area (Å²) in [6, 6.07) is 0. The smallest absolute Gasteiger partial charge is 0.315 e. The summed E-state index contributed by atoms with van der Waals surface area (Å²) >= 11 is 0. The van der Waals surface area contributed by atoms with Crippen LogP contribution in [0.1, 0.15) is 40.0 Å². The molecule has 4 unspecified atom stereocenters. The third-order valence-electron chi connectivity index (χ3n) is 8.52. The molecule has 0 aromatic carbocycles. The first-order chi connectivity index (χ1) is 11.7. The summed E-state index contributed by atoms with van der Waals surface area (Å²) in [6.07, 6.45) is 3.99. The van der Waals surface area contributed by atoms with Gasteiger partial charge in [-0.3, -0.25) is 4.79 Å². The van der Waals surface area contributed by atoms with Gasteiger partial charge in [-0.2, -0.15) is 0 Å². The SMILES string of the molecule is CC(C)C1=CC2CC3(C=O)[C@@H]4C[C@H](O)[C@@H](C)[C@H]4CC2(CO)C13C(=O)O. The van der Waals surface area contributed by atoms with Crippen molar-refractivity contribution in [2.75, 3.05) is 6.61 Å². The maximum absolute atomic E-state index is 12.8. The van der Waals surface area contributed by atoms with Gasteiger partial charge in [0.15, 0.2) is 0 Å². The molecular formula is C20H28O5. The van der Waals surface area contributed by atoms with Crippen LogP contribution in [0.3, 0.4) is 0 Å². The Kier molecular flexibility index (Phi) is 3.41. The van der Waals surface area contributed by atoms with E-state index in [4.69, 9.17) is 0 Å². The van der Waals surface area contributed by atoms with Gasteiger partial charge in [0.1, 0.15) is 11.7 Å². The minimum atomic E-state index is -1.33. The molecule has 3 fully saturated rings. The Balaban J connectivity index is 2.02. The number of aliphatic carboxylic acids is 1. The van der Waals surface area contributed by atoms with E-state index in [2.05, 4.69) is 6.08 Å². The van der Waals surface area contributed by atoms with Crippen molar-refractivity contribution in [3.63, 3.8) is 0 Å². The fourth-order valence-electron chi connectivity index (χ4n) is 7.63. The van der Waals surface area contributed by atoms with Gasteiger partial charge in [0.2, 0.25) is 0 Å². The number of aliphatic hydroxyl groups is 2. The normalized spacial score (nSPS) is 53.0. The average Bonchev–Trinajstić information content (AvgIpc) is 3.09. The molecule has 0 radical (unpaired) electrons. The first kappa shape index (κ1) is 17.2. The van der Waals surface area contributed by atoms with Gasteiger partial charge in [0.05, 0.1) is 18.1 Å². The van der Waals surface area contributed by atoms with E-state index in [0.717, 1.165) is 11.9 Å². The Bertz CT molecular complexity index is 669. The Morgan fingerprint density at radius 1 is 1.40 bits per heavy atom. The lowest BCUT2D eigenvalue weighted by molar-refractivity contribution is -0.184. The van der Waals surface area contributed by atoms with Crippen LogP contribution in [0.5, 0.6) is 0 Å². The Hall–Kier alpha value is -1.20. The number of carboxylic acids is 1. The molecule has 4 bridgehead atoms. The van der Waals surface area contributed by atoms with Gasteiger partial charge in [-0.15, -0.1) is 0 Å². The van der Waals surface area contributed by atoms with Crippen LogP contribution in [0, 0.1) is 45.8 Å². The molecule has 138 valence electrons.